The molecule has 5 nitrogen and oxygen atoms in total. The molecule has 1 saturated heterocycles. The minimum atomic E-state index is -0.661. The van der Waals surface area contributed by atoms with Crippen molar-refractivity contribution in [1.29, 1.82) is 0 Å². The quantitative estimate of drug-likeness (QED) is 0.683. The van der Waals surface area contributed by atoms with Crippen LogP contribution < -0.4 is 10.6 Å². The van der Waals surface area contributed by atoms with E-state index in [1.165, 1.54) is 12.1 Å². The molecular weight excluding hydrogens is 437 g/mol. The molecule has 1 heterocycles. The zero-order chi connectivity index (χ0) is 21.0. The van der Waals surface area contributed by atoms with Crippen LogP contribution >= 0.6 is 15.9 Å². The van der Waals surface area contributed by atoms with Crippen LogP contribution in [0.5, 0.6) is 0 Å². The molecule has 1 fully saturated rings. The molecule has 3 rings (SSSR count). The molecule has 0 radical (unpaired) electrons. The first-order valence-corrected chi connectivity index (χ1v) is 10.4. The Morgan fingerprint density at radius 1 is 1.21 bits per heavy atom. The minimum absolute atomic E-state index is 0.0983. The predicted molar refractivity (Wildman–Crippen MR) is 115 cm³/mol. The Labute approximate surface area is 178 Å². The topological polar surface area (TPSA) is 61.4 Å². The van der Waals surface area contributed by atoms with Gasteiger partial charge in [-0.2, -0.15) is 0 Å². The van der Waals surface area contributed by atoms with Crippen molar-refractivity contribution in [3.05, 3.63) is 63.9 Å². The van der Waals surface area contributed by atoms with Gasteiger partial charge < -0.3 is 15.5 Å². The standard InChI is InChI=1S/C22H25BrFN3O2/c1-15-12-18(8-9-19(15)23)26-21(29)27-11-3-10-22(2,14-27)20(28)25-13-16-4-6-17(24)7-5-16/h4-9,12H,3,10-11,13-14H2,1-2H3,(H,25,28)(H,26,29)/t22-/m1/s1. The number of carbonyl (C=O) groups is 2. The van der Waals surface area contributed by atoms with Crippen LogP contribution in [0.1, 0.15) is 30.9 Å². The summed E-state index contributed by atoms with van der Waals surface area (Å²) in [5, 5.41) is 5.84. The van der Waals surface area contributed by atoms with Crippen LogP contribution in [0.3, 0.4) is 0 Å². The molecule has 154 valence electrons. The Morgan fingerprint density at radius 3 is 2.62 bits per heavy atom. The Hall–Kier alpha value is -2.41. The summed E-state index contributed by atoms with van der Waals surface area (Å²) in [5.74, 6) is -0.402. The third kappa shape index (κ3) is 5.35. The van der Waals surface area contributed by atoms with Crippen molar-refractivity contribution >= 4 is 33.6 Å². The fraction of sp³-hybridized carbons (Fsp3) is 0.364. The van der Waals surface area contributed by atoms with E-state index in [0.717, 1.165) is 27.7 Å². The highest BCUT2D eigenvalue weighted by atomic mass is 79.9. The highest BCUT2D eigenvalue weighted by Crippen LogP contribution is 2.30. The molecule has 0 aromatic heterocycles. The normalized spacial score (nSPS) is 19.0. The lowest BCUT2D eigenvalue weighted by atomic mass is 9.81. The first-order valence-electron chi connectivity index (χ1n) is 9.62. The summed E-state index contributed by atoms with van der Waals surface area (Å²) in [7, 11) is 0. The van der Waals surface area contributed by atoms with Gasteiger partial charge in [0.05, 0.1) is 5.41 Å². The summed E-state index contributed by atoms with van der Waals surface area (Å²) in [4.78, 5) is 27.2. The van der Waals surface area contributed by atoms with E-state index in [2.05, 4.69) is 26.6 Å². The summed E-state index contributed by atoms with van der Waals surface area (Å²) in [5.41, 5.74) is 1.93. The van der Waals surface area contributed by atoms with Crippen LogP contribution in [-0.2, 0) is 11.3 Å². The van der Waals surface area contributed by atoms with Gasteiger partial charge >= 0.3 is 6.03 Å². The first-order chi connectivity index (χ1) is 13.8. The molecule has 0 spiro atoms. The molecular formula is C22H25BrFN3O2. The lowest BCUT2D eigenvalue weighted by Crippen LogP contribution is -2.52. The molecule has 0 saturated carbocycles. The van der Waals surface area contributed by atoms with Gasteiger partial charge in [-0.3, -0.25) is 4.79 Å². The number of hydrogen-bond acceptors (Lipinski definition) is 2. The molecule has 3 amide bonds. The van der Waals surface area contributed by atoms with Gasteiger partial charge in [0.1, 0.15) is 5.82 Å². The number of nitrogens with zero attached hydrogens (tertiary/aromatic N) is 1. The maximum atomic E-state index is 13.0. The Balaban J connectivity index is 1.60. The molecule has 0 unspecified atom stereocenters. The molecule has 0 aliphatic carbocycles. The fourth-order valence-electron chi connectivity index (χ4n) is 3.52. The third-order valence-corrected chi connectivity index (χ3v) is 6.20. The van der Waals surface area contributed by atoms with Crippen molar-refractivity contribution in [3.63, 3.8) is 0 Å². The highest BCUT2D eigenvalue weighted by molar-refractivity contribution is 9.10. The van der Waals surface area contributed by atoms with Crippen molar-refractivity contribution in [2.45, 2.75) is 33.2 Å². The molecule has 7 heteroatoms. The third-order valence-electron chi connectivity index (χ3n) is 5.31. The van der Waals surface area contributed by atoms with Crippen LogP contribution in [-0.4, -0.2) is 29.9 Å². The number of halogens is 2. The maximum absolute atomic E-state index is 13.0. The second-order valence-electron chi connectivity index (χ2n) is 7.79. The van der Waals surface area contributed by atoms with E-state index in [1.54, 1.807) is 17.0 Å². The minimum Gasteiger partial charge on any atom is -0.351 e. The molecule has 0 bridgehead atoms. The number of piperidine rings is 1. The largest absolute Gasteiger partial charge is 0.351 e. The molecule has 2 aromatic carbocycles. The second-order valence-corrected chi connectivity index (χ2v) is 8.64. The Morgan fingerprint density at radius 2 is 1.93 bits per heavy atom. The lowest BCUT2D eigenvalue weighted by Gasteiger charge is -2.39. The number of amides is 3. The Kier molecular flexibility index (Phi) is 6.57. The maximum Gasteiger partial charge on any atom is 0.321 e. The zero-order valence-corrected chi connectivity index (χ0v) is 18.2. The number of nitrogens with one attached hydrogen (secondary N) is 2. The summed E-state index contributed by atoms with van der Waals surface area (Å²) in [6, 6.07) is 11.5. The SMILES string of the molecule is Cc1cc(NC(=O)N2CCC[C@@](C)(C(=O)NCc3ccc(F)cc3)C2)ccc1Br. The fourth-order valence-corrected chi connectivity index (χ4v) is 3.77. The van der Waals surface area contributed by atoms with Crippen molar-refractivity contribution in [3.8, 4) is 0 Å². The van der Waals surface area contributed by atoms with Gasteiger partial charge in [-0.1, -0.05) is 28.1 Å². The van der Waals surface area contributed by atoms with Crippen LogP contribution in [0.2, 0.25) is 0 Å². The van der Waals surface area contributed by atoms with E-state index in [4.69, 9.17) is 0 Å². The van der Waals surface area contributed by atoms with E-state index in [1.807, 2.05) is 32.0 Å². The summed E-state index contributed by atoms with van der Waals surface area (Å²) < 4.78 is 14.0. The van der Waals surface area contributed by atoms with Gasteiger partial charge in [0, 0.05) is 29.8 Å². The lowest BCUT2D eigenvalue weighted by molar-refractivity contribution is -0.132. The number of benzene rings is 2. The number of aryl methyl sites for hydroxylation is 1. The molecule has 29 heavy (non-hydrogen) atoms. The number of anilines is 1. The molecule has 2 N–H and O–H groups in total. The molecule has 2 aromatic rings. The number of likely N-dealkylation sites (tertiary alicyclic amines) is 1. The number of carbonyl (C=O) groups excluding carboxylic acids is 2. The number of urea groups is 1. The summed E-state index contributed by atoms with van der Waals surface area (Å²) in [6.45, 7) is 5.14. The van der Waals surface area contributed by atoms with Crippen molar-refractivity contribution in [2.75, 3.05) is 18.4 Å². The second kappa shape index (κ2) is 8.95. The van der Waals surface area contributed by atoms with Gasteiger partial charge in [-0.05, 0) is 68.1 Å². The van der Waals surface area contributed by atoms with Gasteiger partial charge in [0.25, 0.3) is 0 Å². The average Bonchev–Trinajstić information content (AvgIpc) is 2.70. The van der Waals surface area contributed by atoms with E-state index in [-0.39, 0.29) is 17.8 Å². The van der Waals surface area contributed by atoms with Gasteiger partial charge in [-0.25, -0.2) is 9.18 Å². The summed E-state index contributed by atoms with van der Waals surface area (Å²) >= 11 is 3.45. The van der Waals surface area contributed by atoms with Crippen molar-refractivity contribution < 1.29 is 14.0 Å². The number of hydrogen-bond donors (Lipinski definition) is 2. The van der Waals surface area contributed by atoms with Gasteiger partial charge in [0.2, 0.25) is 5.91 Å². The van der Waals surface area contributed by atoms with Crippen LogP contribution in [0, 0.1) is 18.2 Å². The van der Waals surface area contributed by atoms with E-state index in [0.29, 0.717) is 26.1 Å². The number of rotatable bonds is 4. The first kappa shape index (κ1) is 21.3. The predicted octanol–water partition coefficient (Wildman–Crippen LogP) is 4.85. The zero-order valence-electron chi connectivity index (χ0n) is 16.6. The van der Waals surface area contributed by atoms with Gasteiger partial charge in [-0.15, -0.1) is 0 Å². The molecule has 1 aliphatic rings. The van der Waals surface area contributed by atoms with Crippen molar-refractivity contribution in [2.24, 2.45) is 5.41 Å². The van der Waals surface area contributed by atoms with Crippen LogP contribution in [0.25, 0.3) is 0 Å². The molecule has 1 atom stereocenters. The highest BCUT2D eigenvalue weighted by Gasteiger charge is 2.39. The van der Waals surface area contributed by atoms with E-state index >= 15 is 0 Å². The van der Waals surface area contributed by atoms with E-state index in [9.17, 15) is 14.0 Å². The smallest absolute Gasteiger partial charge is 0.321 e. The van der Waals surface area contributed by atoms with Crippen molar-refractivity contribution in [1.82, 2.24) is 10.2 Å². The monoisotopic (exact) mass is 461 g/mol. The van der Waals surface area contributed by atoms with Crippen LogP contribution in [0.15, 0.2) is 46.9 Å². The Bertz CT molecular complexity index is 903. The summed E-state index contributed by atoms with van der Waals surface area (Å²) in [6.07, 6.45) is 1.47. The van der Waals surface area contributed by atoms with Gasteiger partial charge in [0.15, 0.2) is 0 Å². The average molecular weight is 462 g/mol. The van der Waals surface area contributed by atoms with E-state index < -0.39 is 5.41 Å². The van der Waals surface area contributed by atoms with Crippen LogP contribution in [0.4, 0.5) is 14.9 Å². The molecule has 1 aliphatic heterocycles.